The minimum atomic E-state index is 0.361. The molecule has 2 N–H and O–H groups in total. The van der Waals surface area contributed by atoms with E-state index in [4.69, 9.17) is 0 Å². The Morgan fingerprint density at radius 3 is 2.37 bits per heavy atom. The quantitative estimate of drug-likeness (QED) is 0.865. The molecule has 0 heterocycles. The van der Waals surface area contributed by atoms with Gasteiger partial charge in [0.15, 0.2) is 0 Å². The summed E-state index contributed by atoms with van der Waals surface area (Å²) in [5.41, 5.74) is 1.32. The van der Waals surface area contributed by atoms with Crippen LogP contribution < -0.4 is 5.32 Å². The first-order valence-corrected chi connectivity index (χ1v) is 7.83. The predicted molar refractivity (Wildman–Crippen MR) is 75.9 cm³/mol. The Morgan fingerprint density at radius 2 is 1.79 bits per heavy atom. The standard InChI is InChI=1S/C17H23NO/c1-2-14(10-5-7-13(19)8-6-10)18-17-15-11-3-4-12(9-11)16(15)17/h5-8,11-12,14-19H,2-4,9H2,1H3. The molecule has 3 saturated carbocycles. The Hall–Kier alpha value is -1.02. The molecule has 3 fully saturated rings. The third-order valence-corrected chi connectivity index (χ3v) is 5.83. The number of hydrogen-bond acceptors (Lipinski definition) is 2. The Bertz CT molecular complexity index is 453. The zero-order chi connectivity index (χ0) is 13.0. The number of phenols is 1. The van der Waals surface area contributed by atoms with Crippen LogP contribution in [0.25, 0.3) is 0 Å². The van der Waals surface area contributed by atoms with Crippen molar-refractivity contribution in [2.24, 2.45) is 23.7 Å². The average Bonchev–Trinajstić information content (AvgIpc) is 2.82. The van der Waals surface area contributed by atoms with Crippen molar-refractivity contribution in [2.75, 3.05) is 0 Å². The molecule has 0 amide bonds. The normalized spacial score (nSPS) is 40.2. The van der Waals surface area contributed by atoms with E-state index in [9.17, 15) is 5.11 Å². The molecular formula is C17H23NO. The first-order chi connectivity index (χ1) is 9.28. The topological polar surface area (TPSA) is 32.3 Å². The lowest BCUT2D eigenvalue weighted by Crippen LogP contribution is -2.27. The lowest BCUT2D eigenvalue weighted by atomic mass is 10.0. The lowest BCUT2D eigenvalue weighted by molar-refractivity contribution is 0.415. The van der Waals surface area contributed by atoms with Gasteiger partial charge in [-0.25, -0.2) is 0 Å². The number of aromatic hydroxyl groups is 1. The zero-order valence-electron chi connectivity index (χ0n) is 11.5. The Labute approximate surface area is 115 Å². The Balaban J connectivity index is 1.46. The molecule has 0 aliphatic heterocycles. The second kappa shape index (κ2) is 4.24. The van der Waals surface area contributed by atoms with Crippen molar-refractivity contribution >= 4 is 0 Å². The summed E-state index contributed by atoms with van der Waals surface area (Å²) in [5, 5.41) is 13.3. The number of phenolic OH excluding ortho intramolecular Hbond substituents is 1. The molecule has 2 bridgehead atoms. The molecule has 0 aromatic heterocycles. The smallest absolute Gasteiger partial charge is 0.115 e. The molecule has 1 aromatic rings. The molecule has 19 heavy (non-hydrogen) atoms. The van der Waals surface area contributed by atoms with Crippen LogP contribution in [0.4, 0.5) is 0 Å². The van der Waals surface area contributed by atoms with Crippen molar-refractivity contribution in [3.8, 4) is 5.75 Å². The van der Waals surface area contributed by atoms with Gasteiger partial charge in [0, 0.05) is 12.1 Å². The van der Waals surface area contributed by atoms with Crippen LogP contribution in [0.15, 0.2) is 24.3 Å². The highest BCUT2D eigenvalue weighted by Crippen LogP contribution is 2.65. The molecule has 102 valence electrons. The molecule has 0 spiro atoms. The van der Waals surface area contributed by atoms with Crippen molar-refractivity contribution in [3.63, 3.8) is 0 Å². The van der Waals surface area contributed by atoms with Crippen molar-refractivity contribution in [2.45, 2.75) is 44.7 Å². The average molecular weight is 257 g/mol. The summed E-state index contributed by atoms with van der Waals surface area (Å²) in [6, 6.07) is 8.96. The molecule has 3 aliphatic carbocycles. The van der Waals surface area contributed by atoms with Gasteiger partial charge in [-0.05, 0) is 67.1 Å². The number of benzene rings is 1. The van der Waals surface area contributed by atoms with Crippen molar-refractivity contribution in [1.29, 1.82) is 0 Å². The van der Waals surface area contributed by atoms with E-state index < -0.39 is 0 Å². The summed E-state index contributed by atoms with van der Waals surface area (Å²) in [5.74, 6) is 4.41. The van der Waals surface area contributed by atoms with Crippen LogP contribution in [0.3, 0.4) is 0 Å². The number of rotatable bonds is 4. The first-order valence-electron chi connectivity index (χ1n) is 7.83. The molecule has 1 aromatic carbocycles. The van der Waals surface area contributed by atoms with E-state index in [1.807, 2.05) is 0 Å². The second-order valence-corrected chi connectivity index (χ2v) is 6.73. The fourth-order valence-electron chi connectivity index (χ4n) is 4.94. The van der Waals surface area contributed by atoms with Gasteiger partial charge in [-0.1, -0.05) is 19.1 Å². The molecule has 4 rings (SSSR count). The van der Waals surface area contributed by atoms with E-state index >= 15 is 0 Å². The van der Waals surface area contributed by atoms with Crippen LogP contribution in [-0.4, -0.2) is 11.1 Å². The van der Waals surface area contributed by atoms with Crippen LogP contribution in [0, 0.1) is 23.7 Å². The molecule has 2 nitrogen and oxygen atoms in total. The van der Waals surface area contributed by atoms with Crippen LogP contribution in [0.2, 0.25) is 0 Å². The Kier molecular flexibility index (Phi) is 2.63. The first kappa shape index (κ1) is 11.8. The fourth-order valence-corrected chi connectivity index (χ4v) is 4.94. The SMILES string of the molecule is CCC(NC1C2C3CCC(C3)C12)c1ccc(O)cc1. The Morgan fingerprint density at radius 1 is 1.16 bits per heavy atom. The monoisotopic (exact) mass is 257 g/mol. The number of fused-ring (bicyclic) bond motifs is 5. The van der Waals surface area contributed by atoms with E-state index in [-0.39, 0.29) is 0 Å². The van der Waals surface area contributed by atoms with E-state index in [1.54, 1.807) is 12.1 Å². The fraction of sp³-hybridized carbons (Fsp3) is 0.647. The molecule has 5 unspecified atom stereocenters. The molecular weight excluding hydrogens is 234 g/mol. The van der Waals surface area contributed by atoms with Crippen molar-refractivity contribution in [3.05, 3.63) is 29.8 Å². The number of nitrogens with one attached hydrogen (secondary N) is 1. The van der Waals surface area contributed by atoms with E-state index in [0.29, 0.717) is 11.8 Å². The zero-order valence-corrected chi connectivity index (χ0v) is 11.5. The van der Waals surface area contributed by atoms with Gasteiger partial charge in [-0.2, -0.15) is 0 Å². The van der Waals surface area contributed by atoms with Gasteiger partial charge in [0.1, 0.15) is 5.75 Å². The molecule has 2 heteroatoms. The van der Waals surface area contributed by atoms with E-state index in [2.05, 4.69) is 24.4 Å². The predicted octanol–water partition coefficient (Wildman–Crippen LogP) is 3.48. The van der Waals surface area contributed by atoms with Crippen LogP contribution in [0.1, 0.15) is 44.2 Å². The summed E-state index contributed by atoms with van der Waals surface area (Å²) in [6.07, 6.45) is 5.61. The molecule has 0 saturated heterocycles. The molecule has 0 radical (unpaired) electrons. The number of hydrogen-bond donors (Lipinski definition) is 2. The van der Waals surface area contributed by atoms with Crippen LogP contribution in [-0.2, 0) is 0 Å². The van der Waals surface area contributed by atoms with Gasteiger partial charge in [0.2, 0.25) is 0 Å². The van der Waals surface area contributed by atoms with Crippen molar-refractivity contribution in [1.82, 2.24) is 5.32 Å². The van der Waals surface area contributed by atoms with Gasteiger partial charge >= 0.3 is 0 Å². The van der Waals surface area contributed by atoms with E-state index in [0.717, 1.165) is 36.1 Å². The highest BCUT2D eigenvalue weighted by atomic mass is 16.3. The second-order valence-electron chi connectivity index (χ2n) is 6.73. The van der Waals surface area contributed by atoms with Gasteiger partial charge in [0.25, 0.3) is 0 Å². The largest absolute Gasteiger partial charge is 0.508 e. The summed E-state index contributed by atoms with van der Waals surface area (Å²) in [4.78, 5) is 0. The minimum Gasteiger partial charge on any atom is -0.508 e. The summed E-state index contributed by atoms with van der Waals surface area (Å²) >= 11 is 0. The maximum atomic E-state index is 9.39. The van der Waals surface area contributed by atoms with Gasteiger partial charge in [-0.15, -0.1) is 0 Å². The van der Waals surface area contributed by atoms with Gasteiger partial charge in [-0.3, -0.25) is 0 Å². The van der Waals surface area contributed by atoms with Gasteiger partial charge in [0.05, 0.1) is 0 Å². The van der Waals surface area contributed by atoms with Crippen LogP contribution >= 0.6 is 0 Å². The third kappa shape index (κ3) is 1.80. The minimum absolute atomic E-state index is 0.361. The van der Waals surface area contributed by atoms with Crippen LogP contribution in [0.5, 0.6) is 5.75 Å². The molecule has 5 atom stereocenters. The summed E-state index contributed by atoms with van der Waals surface area (Å²) in [6.45, 7) is 2.25. The van der Waals surface area contributed by atoms with Gasteiger partial charge < -0.3 is 10.4 Å². The third-order valence-electron chi connectivity index (χ3n) is 5.83. The summed E-state index contributed by atoms with van der Waals surface area (Å²) < 4.78 is 0. The highest BCUT2D eigenvalue weighted by molar-refractivity contribution is 5.29. The lowest BCUT2D eigenvalue weighted by Gasteiger charge is -2.20. The maximum Gasteiger partial charge on any atom is 0.115 e. The summed E-state index contributed by atoms with van der Waals surface area (Å²) in [7, 11) is 0. The van der Waals surface area contributed by atoms with Crippen molar-refractivity contribution < 1.29 is 5.11 Å². The van der Waals surface area contributed by atoms with E-state index in [1.165, 1.54) is 24.8 Å². The maximum absolute atomic E-state index is 9.39. The molecule has 3 aliphatic rings. The highest BCUT2D eigenvalue weighted by Gasteiger charge is 2.64.